The van der Waals surface area contributed by atoms with E-state index in [1.807, 2.05) is 30.3 Å². The van der Waals surface area contributed by atoms with Crippen LogP contribution in [0.5, 0.6) is 0 Å². The highest BCUT2D eigenvalue weighted by atomic mass is 35.5. The predicted molar refractivity (Wildman–Crippen MR) is 88.9 cm³/mol. The van der Waals surface area contributed by atoms with Crippen LogP contribution in [0.2, 0.25) is 5.02 Å². The first-order chi connectivity index (χ1) is 9.24. The fourth-order valence-corrected chi connectivity index (χ4v) is 4.66. The van der Waals surface area contributed by atoms with Crippen LogP contribution in [0.4, 0.5) is 0 Å². The molecule has 3 rings (SSSR count). The van der Waals surface area contributed by atoms with Crippen molar-refractivity contribution in [3.63, 3.8) is 0 Å². The molecule has 0 atom stereocenters. The van der Waals surface area contributed by atoms with Crippen molar-refractivity contribution in [3.05, 3.63) is 62.8 Å². The van der Waals surface area contributed by atoms with Crippen LogP contribution in [-0.2, 0) is 0 Å². The average Bonchev–Trinajstić information content (AvgIpc) is 2.83. The molecular weight excluding hydrogens is 312 g/mol. The summed E-state index contributed by atoms with van der Waals surface area (Å²) in [5, 5.41) is 0.754. The fourth-order valence-electron chi connectivity index (χ4n) is 1.85. The van der Waals surface area contributed by atoms with Gasteiger partial charge in [0.1, 0.15) is 3.14 Å². The third-order valence-corrected chi connectivity index (χ3v) is 5.72. The van der Waals surface area contributed by atoms with Crippen LogP contribution >= 0.6 is 46.5 Å². The molecule has 4 heteroatoms. The lowest BCUT2D eigenvalue weighted by atomic mass is 10.1. The van der Waals surface area contributed by atoms with Crippen LogP contribution in [-0.4, -0.2) is 0 Å². The second-order valence-corrected chi connectivity index (χ2v) is 7.65. The highest BCUT2D eigenvalue weighted by Crippen LogP contribution is 2.41. The Morgan fingerprint density at radius 2 is 1.26 bits per heavy atom. The number of halogens is 1. The maximum atomic E-state index is 5.95. The van der Waals surface area contributed by atoms with Crippen molar-refractivity contribution in [3.8, 4) is 20.9 Å². The molecule has 1 aromatic heterocycles. The number of rotatable bonds is 2. The van der Waals surface area contributed by atoms with Crippen molar-refractivity contribution in [1.29, 1.82) is 0 Å². The van der Waals surface area contributed by atoms with Crippen LogP contribution in [0.3, 0.4) is 0 Å². The third kappa shape index (κ3) is 2.79. The summed E-state index contributed by atoms with van der Waals surface area (Å²) < 4.78 is 0.948. The summed E-state index contributed by atoms with van der Waals surface area (Å²) in [4.78, 5) is 2.45. The molecule has 0 fully saturated rings. The molecule has 0 saturated carbocycles. The number of hydrogen-bond donors (Lipinski definition) is 0. The minimum atomic E-state index is 0.754. The molecule has 94 valence electrons. The maximum absolute atomic E-state index is 5.95. The van der Waals surface area contributed by atoms with E-state index in [1.54, 1.807) is 22.7 Å². The van der Waals surface area contributed by atoms with Crippen molar-refractivity contribution in [2.24, 2.45) is 0 Å². The van der Waals surface area contributed by atoms with E-state index in [4.69, 9.17) is 23.8 Å². The van der Waals surface area contributed by atoms with Gasteiger partial charge in [-0.15, -0.1) is 22.7 Å². The molecule has 0 bridgehead atoms. The van der Waals surface area contributed by atoms with E-state index in [-0.39, 0.29) is 0 Å². The second kappa shape index (κ2) is 5.55. The highest BCUT2D eigenvalue weighted by molar-refractivity contribution is 7.76. The number of benzene rings is 2. The van der Waals surface area contributed by atoms with Gasteiger partial charge in [-0.3, -0.25) is 0 Å². The first-order valence-corrected chi connectivity index (χ1v) is 8.11. The maximum Gasteiger partial charge on any atom is 0.144 e. The lowest BCUT2D eigenvalue weighted by Gasteiger charge is -2.03. The zero-order chi connectivity index (χ0) is 13.2. The normalized spacial score (nSPS) is 10.6. The van der Waals surface area contributed by atoms with E-state index in [0.29, 0.717) is 0 Å². The summed E-state index contributed by atoms with van der Waals surface area (Å²) in [7, 11) is 0. The Morgan fingerprint density at radius 3 is 1.84 bits per heavy atom. The molecule has 0 nitrogen and oxygen atoms in total. The molecule has 0 N–H and O–H groups in total. The SMILES string of the molecule is S=c1sc(-c2ccccc2)c(-c2ccc(Cl)cc2)s1. The van der Waals surface area contributed by atoms with E-state index in [2.05, 4.69) is 24.3 Å². The van der Waals surface area contributed by atoms with Gasteiger partial charge in [-0.25, -0.2) is 0 Å². The predicted octanol–water partition coefficient (Wildman–Crippen LogP) is 6.53. The van der Waals surface area contributed by atoms with Gasteiger partial charge in [0.15, 0.2) is 0 Å². The zero-order valence-electron chi connectivity index (χ0n) is 9.80. The van der Waals surface area contributed by atoms with Crippen LogP contribution in [0.15, 0.2) is 54.6 Å². The second-order valence-electron chi connectivity index (χ2n) is 3.99. The largest absolute Gasteiger partial charge is 0.144 e. The van der Waals surface area contributed by atoms with Gasteiger partial charge in [-0.2, -0.15) is 0 Å². The van der Waals surface area contributed by atoms with E-state index in [0.717, 1.165) is 8.16 Å². The summed E-state index contributed by atoms with van der Waals surface area (Å²) in [5.41, 5.74) is 2.38. The first-order valence-electron chi connectivity index (χ1n) is 5.69. The van der Waals surface area contributed by atoms with Gasteiger partial charge in [-0.1, -0.05) is 66.3 Å². The highest BCUT2D eigenvalue weighted by Gasteiger charge is 2.11. The average molecular weight is 321 g/mol. The van der Waals surface area contributed by atoms with Crippen molar-refractivity contribution < 1.29 is 0 Å². The van der Waals surface area contributed by atoms with Gasteiger partial charge in [0, 0.05) is 5.02 Å². The lowest BCUT2D eigenvalue weighted by molar-refractivity contribution is 1.67. The Balaban J connectivity index is 2.17. The van der Waals surface area contributed by atoms with Crippen molar-refractivity contribution in [2.75, 3.05) is 0 Å². The van der Waals surface area contributed by atoms with Crippen molar-refractivity contribution in [2.45, 2.75) is 0 Å². The van der Waals surface area contributed by atoms with Crippen molar-refractivity contribution >= 4 is 46.5 Å². The zero-order valence-corrected chi connectivity index (χ0v) is 13.0. The Bertz CT molecular complexity index is 739. The molecule has 0 radical (unpaired) electrons. The van der Waals surface area contributed by atoms with Crippen LogP contribution in [0, 0.1) is 3.14 Å². The Hall–Kier alpha value is -1.000. The summed E-state index contributed by atoms with van der Waals surface area (Å²) in [6.45, 7) is 0. The van der Waals surface area contributed by atoms with E-state index in [1.165, 1.54) is 20.9 Å². The van der Waals surface area contributed by atoms with Gasteiger partial charge < -0.3 is 0 Å². The molecule has 1 heterocycles. The van der Waals surface area contributed by atoms with Gasteiger partial charge in [0.05, 0.1) is 9.75 Å². The molecule has 0 unspecified atom stereocenters. The molecule has 0 aliphatic heterocycles. The number of hydrogen-bond acceptors (Lipinski definition) is 3. The molecular formula is C15H9ClS3. The monoisotopic (exact) mass is 320 g/mol. The van der Waals surface area contributed by atoms with Crippen molar-refractivity contribution in [1.82, 2.24) is 0 Å². The molecule has 19 heavy (non-hydrogen) atoms. The van der Waals surface area contributed by atoms with E-state index < -0.39 is 0 Å². The van der Waals surface area contributed by atoms with E-state index in [9.17, 15) is 0 Å². The first kappa shape index (κ1) is 13.0. The topological polar surface area (TPSA) is 0 Å². The summed E-state index contributed by atoms with van der Waals surface area (Å²) in [6, 6.07) is 18.3. The minimum absolute atomic E-state index is 0.754. The molecule has 3 aromatic rings. The molecule has 0 spiro atoms. The lowest BCUT2D eigenvalue weighted by Crippen LogP contribution is -1.77. The van der Waals surface area contributed by atoms with Gasteiger partial charge in [0.25, 0.3) is 0 Å². The fraction of sp³-hybridized carbons (Fsp3) is 0. The van der Waals surface area contributed by atoms with E-state index >= 15 is 0 Å². The molecule has 2 aromatic carbocycles. The summed E-state index contributed by atoms with van der Waals surface area (Å²) in [5.74, 6) is 0. The van der Waals surface area contributed by atoms with Gasteiger partial charge >= 0.3 is 0 Å². The standard InChI is InChI=1S/C15H9ClS3/c16-12-8-6-11(7-9-12)14-13(18-15(17)19-14)10-4-2-1-3-5-10/h1-9H. The third-order valence-electron chi connectivity index (χ3n) is 2.72. The molecule has 0 aliphatic carbocycles. The Morgan fingerprint density at radius 1 is 0.737 bits per heavy atom. The molecule has 0 amide bonds. The summed E-state index contributed by atoms with van der Waals surface area (Å²) >= 11 is 14.6. The van der Waals surface area contributed by atoms with Gasteiger partial charge in [0.2, 0.25) is 0 Å². The Kier molecular flexibility index (Phi) is 3.80. The Labute approximate surface area is 129 Å². The quantitative estimate of drug-likeness (QED) is 0.484. The molecule has 0 aliphatic rings. The van der Waals surface area contributed by atoms with Gasteiger partial charge in [-0.05, 0) is 23.3 Å². The smallest absolute Gasteiger partial charge is 0.112 e. The van der Waals surface area contributed by atoms with Crippen LogP contribution in [0.1, 0.15) is 0 Å². The minimum Gasteiger partial charge on any atom is -0.112 e. The van der Waals surface area contributed by atoms with Crippen LogP contribution < -0.4 is 0 Å². The summed E-state index contributed by atoms with van der Waals surface area (Å²) in [6.07, 6.45) is 0. The van der Waals surface area contributed by atoms with Crippen LogP contribution in [0.25, 0.3) is 20.9 Å². The molecule has 0 saturated heterocycles.